The minimum Gasteiger partial charge on any atom is -0.495 e. The molecule has 2 amide bonds. The first-order valence-corrected chi connectivity index (χ1v) is 10.5. The Bertz CT molecular complexity index is 1050. The zero-order chi connectivity index (χ0) is 23.1. The summed E-state index contributed by atoms with van der Waals surface area (Å²) in [5.41, 5.74) is 1.68. The molecule has 168 valence electrons. The number of nitrogens with zero attached hydrogens (tertiary/aromatic N) is 1. The smallest absolute Gasteiger partial charge is 0.276 e. The van der Waals surface area contributed by atoms with E-state index in [2.05, 4.69) is 10.6 Å². The molecule has 0 aromatic heterocycles. The summed E-state index contributed by atoms with van der Waals surface area (Å²) in [7, 11) is 1.54. The summed E-state index contributed by atoms with van der Waals surface area (Å²) in [6.07, 6.45) is 1.70. The van der Waals surface area contributed by atoms with Gasteiger partial charge in [-0.05, 0) is 62.0 Å². The van der Waals surface area contributed by atoms with Crippen molar-refractivity contribution in [3.8, 4) is 17.2 Å². The molecule has 8 nitrogen and oxygen atoms in total. The molecule has 0 aliphatic carbocycles. The summed E-state index contributed by atoms with van der Waals surface area (Å²) in [4.78, 5) is 26.2. The number of hydrogen-bond donors (Lipinski definition) is 2. The second-order valence-electron chi connectivity index (χ2n) is 6.71. The van der Waals surface area contributed by atoms with Crippen molar-refractivity contribution in [1.82, 2.24) is 10.2 Å². The maximum atomic E-state index is 12.4. The largest absolute Gasteiger partial charge is 0.495 e. The highest BCUT2D eigenvalue weighted by atomic mass is 32.1. The van der Waals surface area contributed by atoms with E-state index in [1.165, 1.54) is 12.0 Å². The first-order chi connectivity index (χ1) is 15.5. The van der Waals surface area contributed by atoms with Crippen LogP contribution in [0.15, 0.2) is 48.2 Å². The number of nitrogens with one attached hydrogen (secondary N) is 2. The van der Waals surface area contributed by atoms with Crippen LogP contribution in [0.3, 0.4) is 0 Å². The molecule has 1 aliphatic heterocycles. The molecule has 1 fully saturated rings. The van der Waals surface area contributed by atoms with Gasteiger partial charge < -0.3 is 24.8 Å². The van der Waals surface area contributed by atoms with Crippen LogP contribution in [-0.4, -0.2) is 48.7 Å². The van der Waals surface area contributed by atoms with Gasteiger partial charge in [-0.1, -0.05) is 18.2 Å². The van der Waals surface area contributed by atoms with Crippen LogP contribution >= 0.6 is 12.2 Å². The first kappa shape index (κ1) is 23.1. The van der Waals surface area contributed by atoms with Gasteiger partial charge in [-0.2, -0.15) is 0 Å². The quantitative estimate of drug-likeness (QED) is 0.443. The summed E-state index contributed by atoms with van der Waals surface area (Å²) in [6.45, 7) is 4.41. The Hall–Kier alpha value is -3.59. The number of amides is 2. The van der Waals surface area contributed by atoms with Gasteiger partial charge in [0.1, 0.15) is 11.4 Å². The van der Waals surface area contributed by atoms with Crippen LogP contribution in [-0.2, 0) is 9.59 Å². The Morgan fingerprint density at radius 2 is 1.91 bits per heavy atom. The third kappa shape index (κ3) is 5.36. The number of carbonyl (C=O) groups excluding carboxylic acids is 2. The van der Waals surface area contributed by atoms with Gasteiger partial charge in [0.2, 0.25) is 0 Å². The molecule has 0 saturated carbocycles. The van der Waals surface area contributed by atoms with E-state index < -0.39 is 0 Å². The maximum absolute atomic E-state index is 12.4. The van der Waals surface area contributed by atoms with E-state index in [1.54, 1.807) is 42.5 Å². The molecule has 1 saturated heterocycles. The number of para-hydroxylation sites is 2. The predicted octanol–water partition coefficient (Wildman–Crippen LogP) is 3.19. The van der Waals surface area contributed by atoms with Crippen molar-refractivity contribution in [3.63, 3.8) is 0 Å². The van der Waals surface area contributed by atoms with Gasteiger partial charge in [-0.15, -0.1) is 0 Å². The number of likely N-dealkylation sites (N-methyl/N-ethyl adjacent to an activating group) is 1. The minimum atomic E-state index is -0.336. The summed E-state index contributed by atoms with van der Waals surface area (Å²) in [5.74, 6) is 0.929. The van der Waals surface area contributed by atoms with Crippen LogP contribution in [0.2, 0.25) is 0 Å². The van der Waals surface area contributed by atoms with Crippen molar-refractivity contribution in [3.05, 3.63) is 53.7 Å². The summed E-state index contributed by atoms with van der Waals surface area (Å²) in [5, 5.41) is 6.07. The molecule has 2 aromatic carbocycles. The van der Waals surface area contributed by atoms with Crippen molar-refractivity contribution < 1.29 is 23.8 Å². The van der Waals surface area contributed by atoms with E-state index in [-0.39, 0.29) is 18.4 Å². The number of carbonyl (C=O) groups is 2. The molecule has 0 bridgehead atoms. The maximum Gasteiger partial charge on any atom is 0.276 e. The van der Waals surface area contributed by atoms with Crippen LogP contribution in [0.4, 0.5) is 5.69 Å². The van der Waals surface area contributed by atoms with Crippen molar-refractivity contribution in [2.45, 2.75) is 13.8 Å². The highest BCUT2D eigenvalue weighted by Crippen LogP contribution is 2.30. The Morgan fingerprint density at radius 1 is 1.12 bits per heavy atom. The number of methoxy groups -OCH3 is 1. The highest BCUT2D eigenvalue weighted by molar-refractivity contribution is 7.80. The van der Waals surface area contributed by atoms with Crippen LogP contribution in [0.5, 0.6) is 17.2 Å². The standard InChI is InChI=1S/C23H25N3O5S/c1-4-26-22(28)17(25-23(26)32)12-15-10-11-19(20(13-15)30-5-2)31-14-21(27)24-16-8-6-7-9-18(16)29-3/h6-13H,4-5,14H2,1-3H3,(H,24,27)(H,25,32)/b17-12+. The molecule has 3 rings (SSSR count). The van der Waals surface area contributed by atoms with Crippen LogP contribution in [0.25, 0.3) is 6.08 Å². The third-order valence-corrected chi connectivity index (χ3v) is 4.92. The average molecular weight is 456 g/mol. The number of thiocarbonyl (C=S) groups is 1. The molecular weight excluding hydrogens is 430 g/mol. The van der Waals surface area contributed by atoms with Gasteiger partial charge in [0, 0.05) is 6.54 Å². The van der Waals surface area contributed by atoms with Gasteiger partial charge in [0.05, 0.1) is 19.4 Å². The Morgan fingerprint density at radius 3 is 2.59 bits per heavy atom. The van der Waals surface area contributed by atoms with E-state index in [1.807, 2.05) is 19.9 Å². The molecule has 32 heavy (non-hydrogen) atoms. The lowest BCUT2D eigenvalue weighted by Crippen LogP contribution is -2.30. The number of rotatable bonds is 9. The molecule has 0 radical (unpaired) electrons. The first-order valence-electron chi connectivity index (χ1n) is 10.1. The van der Waals surface area contributed by atoms with Crippen molar-refractivity contribution in [1.29, 1.82) is 0 Å². The van der Waals surface area contributed by atoms with Gasteiger partial charge in [0.15, 0.2) is 23.2 Å². The van der Waals surface area contributed by atoms with Gasteiger partial charge in [-0.25, -0.2) is 0 Å². The highest BCUT2D eigenvalue weighted by Gasteiger charge is 2.29. The fraction of sp³-hybridized carbons (Fsp3) is 0.261. The molecular formula is C23H25N3O5S. The monoisotopic (exact) mass is 455 g/mol. The van der Waals surface area contributed by atoms with Crippen molar-refractivity contribution in [2.24, 2.45) is 0 Å². The second-order valence-corrected chi connectivity index (χ2v) is 7.10. The molecule has 9 heteroatoms. The molecule has 1 heterocycles. The predicted molar refractivity (Wildman–Crippen MR) is 126 cm³/mol. The van der Waals surface area contributed by atoms with E-state index in [9.17, 15) is 9.59 Å². The molecule has 0 spiro atoms. The Kier molecular flexibility index (Phi) is 7.67. The van der Waals surface area contributed by atoms with Crippen molar-refractivity contribution >= 4 is 40.9 Å². The minimum absolute atomic E-state index is 0.177. The van der Waals surface area contributed by atoms with E-state index in [0.717, 1.165) is 5.56 Å². The zero-order valence-electron chi connectivity index (χ0n) is 18.1. The van der Waals surface area contributed by atoms with Crippen LogP contribution in [0, 0.1) is 0 Å². The normalized spacial score (nSPS) is 14.3. The van der Waals surface area contributed by atoms with Crippen LogP contribution in [0.1, 0.15) is 19.4 Å². The summed E-state index contributed by atoms with van der Waals surface area (Å²) >= 11 is 5.18. The topological polar surface area (TPSA) is 89.1 Å². The lowest BCUT2D eigenvalue weighted by molar-refractivity contribution is -0.122. The molecule has 2 aromatic rings. The molecule has 0 unspecified atom stereocenters. The third-order valence-electron chi connectivity index (χ3n) is 4.60. The summed E-state index contributed by atoms with van der Waals surface area (Å²) in [6, 6.07) is 12.3. The second kappa shape index (κ2) is 10.6. The zero-order valence-corrected chi connectivity index (χ0v) is 19.0. The average Bonchev–Trinajstić information content (AvgIpc) is 3.05. The van der Waals surface area contributed by atoms with Crippen LogP contribution < -0.4 is 24.8 Å². The SMILES string of the molecule is CCOc1cc(/C=C2/NC(=S)N(CC)C2=O)ccc1OCC(=O)Nc1ccccc1OC. The van der Waals surface area contributed by atoms with Gasteiger partial charge >= 0.3 is 0 Å². The fourth-order valence-corrected chi connectivity index (χ4v) is 3.43. The number of anilines is 1. The van der Waals surface area contributed by atoms with E-state index in [4.69, 9.17) is 26.4 Å². The van der Waals surface area contributed by atoms with E-state index >= 15 is 0 Å². The lowest BCUT2D eigenvalue weighted by Gasteiger charge is -2.14. The molecule has 0 atom stereocenters. The molecule has 1 aliphatic rings. The Labute approximate surface area is 192 Å². The van der Waals surface area contributed by atoms with E-state index in [0.29, 0.717) is 46.9 Å². The number of benzene rings is 2. The van der Waals surface area contributed by atoms with Gasteiger partial charge in [0.25, 0.3) is 11.8 Å². The van der Waals surface area contributed by atoms with Crippen molar-refractivity contribution in [2.75, 3.05) is 32.2 Å². The summed E-state index contributed by atoms with van der Waals surface area (Å²) < 4.78 is 16.6. The van der Waals surface area contributed by atoms with Gasteiger partial charge in [-0.3, -0.25) is 14.5 Å². The lowest BCUT2D eigenvalue weighted by atomic mass is 10.1. The number of hydrogen-bond acceptors (Lipinski definition) is 6. The number of ether oxygens (including phenoxy) is 3. The Balaban J connectivity index is 1.71. The fourth-order valence-electron chi connectivity index (χ4n) is 3.10. The molecule has 2 N–H and O–H groups in total.